The Morgan fingerprint density at radius 3 is 2.48 bits per heavy atom. The highest BCUT2D eigenvalue weighted by atomic mass is 16.6. The average molecular weight is 416 g/mol. The molecular formula is C27H29NO3. The summed E-state index contributed by atoms with van der Waals surface area (Å²) in [4.78, 5) is 27.2. The number of Topliss-reactive ketones (excluding diaryl/α,β-unsaturated/α-hetero) is 1. The summed E-state index contributed by atoms with van der Waals surface area (Å²) in [7, 11) is 0. The molecular weight excluding hydrogens is 386 g/mol. The molecule has 1 aliphatic carbocycles. The number of allylic oxidation sites excluding steroid dienone is 1. The molecule has 160 valence electrons. The Bertz CT molecular complexity index is 1150. The normalized spacial score (nSPS) is 18.6. The van der Waals surface area contributed by atoms with Gasteiger partial charge in [-0.3, -0.25) is 4.79 Å². The first kappa shape index (κ1) is 21.1. The van der Waals surface area contributed by atoms with E-state index in [4.69, 9.17) is 4.74 Å². The van der Waals surface area contributed by atoms with E-state index in [9.17, 15) is 9.59 Å². The van der Waals surface area contributed by atoms with E-state index in [1.807, 2.05) is 69.3 Å². The van der Waals surface area contributed by atoms with E-state index in [0.29, 0.717) is 31.2 Å². The molecule has 1 aliphatic rings. The topological polar surface area (TPSA) is 48.3 Å². The molecule has 1 unspecified atom stereocenters. The van der Waals surface area contributed by atoms with Crippen LogP contribution in [0.1, 0.15) is 55.2 Å². The zero-order valence-corrected chi connectivity index (χ0v) is 18.5. The predicted octanol–water partition coefficient (Wildman–Crippen LogP) is 6.36. The summed E-state index contributed by atoms with van der Waals surface area (Å²) in [6, 6.07) is 17.7. The summed E-state index contributed by atoms with van der Waals surface area (Å²) in [5.41, 5.74) is 2.10. The van der Waals surface area contributed by atoms with Gasteiger partial charge in [-0.25, -0.2) is 9.36 Å². The molecule has 1 aromatic heterocycles. The molecule has 4 rings (SSSR count). The Hall–Kier alpha value is -3.14. The summed E-state index contributed by atoms with van der Waals surface area (Å²) >= 11 is 0. The summed E-state index contributed by atoms with van der Waals surface area (Å²) < 4.78 is 7.29. The van der Waals surface area contributed by atoms with E-state index >= 15 is 0 Å². The minimum absolute atomic E-state index is 0.0935. The van der Waals surface area contributed by atoms with Crippen LogP contribution < -0.4 is 0 Å². The van der Waals surface area contributed by atoms with Crippen LogP contribution in [0.25, 0.3) is 10.9 Å². The molecule has 0 saturated heterocycles. The number of fused-ring (bicyclic) bond motifs is 3. The van der Waals surface area contributed by atoms with Gasteiger partial charge in [0.1, 0.15) is 5.60 Å². The molecule has 0 radical (unpaired) electrons. The van der Waals surface area contributed by atoms with Gasteiger partial charge in [0.05, 0.1) is 5.52 Å². The second-order valence-electron chi connectivity index (χ2n) is 9.42. The largest absolute Gasteiger partial charge is 0.443 e. The number of hydrogen-bond donors (Lipinski definition) is 0. The molecule has 0 N–H and O–H groups in total. The van der Waals surface area contributed by atoms with E-state index in [2.05, 4.69) is 18.7 Å². The van der Waals surface area contributed by atoms with Gasteiger partial charge in [-0.05, 0) is 58.1 Å². The Morgan fingerprint density at radius 1 is 1.13 bits per heavy atom. The molecule has 0 saturated carbocycles. The van der Waals surface area contributed by atoms with Crippen molar-refractivity contribution in [3.05, 3.63) is 84.1 Å². The van der Waals surface area contributed by atoms with Crippen LogP contribution in [0.5, 0.6) is 0 Å². The minimum atomic E-state index is -0.617. The third kappa shape index (κ3) is 3.83. The van der Waals surface area contributed by atoms with Gasteiger partial charge in [0.2, 0.25) is 0 Å². The van der Waals surface area contributed by atoms with Crippen LogP contribution in [0, 0.1) is 5.41 Å². The molecule has 0 fully saturated rings. The van der Waals surface area contributed by atoms with Gasteiger partial charge >= 0.3 is 6.09 Å². The molecule has 1 heterocycles. The Balaban J connectivity index is 1.86. The molecule has 4 nitrogen and oxygen atoms in total. The molecule has 0 amide bonds. The molecule has 4 heteroatoms. The van der Waals surface area contributed by atoms with Crippen LogP contribution in [0.15, 0.2) is 67.3 Å². The van der Waals surface area contributed by atoms with Gasteiger partial charge in [0.15, 0.2) is 5.78 Å². The van der Waals surface area contributed by atoms with Crippen LogP contribution in [0.4, 0.5) is 4.79 Å². The van der Waals surface area contributed by atoms with E-state index in [-0.39, 0.29) is 5.78 Å². The highest BCUT2D eigenvalue weighted by molar-refractivity contribution is 6.14. The zero-order valence-electron chi connectivity index (χ0n) is 18.5. The van der Waals surface area contributed by atoms with E-state index in [1.165, 1.54) is 0 Å². The lowest BCUT2D eigenvalue weighted by atomic mass is 9.66. The Labute approximate surface area is 183 Å². The molecule has 31 heavy (non-hydrogen) atoms. The lowest BCUT2D eigenvalue weighted by Gasteiger charge is -2.36. The van der Waals surface area contributed by atoms with Crippen LogP contribution in [0.3, 0.4) is 0 Å². The highest BCUT2D eigenvalue weighted by Crippen LogP contribution is 2.44. The van der Waals surface area contributed by atoms with Crippen molar-refractivity contribution in [1.82, 2.24) is 4.57 Å². The van der Waals surface area contributed by atoms with Crippen LogP contribution in [-0.2, 0) is 17.6 Å². The van der Waals surface area contributed by atoms with Crippen molar-refractivity contribution in [2.75, 3.05) is 0 Å². The second kappa shape index (κ2) is 7.84. The minimum Gasteiger partial charge on any atom is -0.443 e. The molecule has 0 spiro atoms. The Kier molecular flexibility index (Phi) is 5.34. The van der Waals surface area contributed by atoms with E-state index in [0.717, 1.165) is 22.2 Å². The van der Waals surface area contributed by atoms with E-state index in [1.54, 1.807) is 4.57 Å². The maximum absolute atomic E-state index is 14.1. The number of rotatable bonds is 4. The van der Waals surface area contributed by atoms with E-state index < -0.39 is 17.1 Å². The van der Waals surface area contributed by atoms with Crippen molar-refractivity contribution in [2.24, 2.45) is 5.41 Å². The SMILES string of the molecule is C=CCC1(Cc2ccccc2)CCc2c(c3ccccc3n2C(=O)OC(C)(C)C)C1=O. The van der Waals surface area contributed by atoms with Crippen LogP contribution in [0.2, 0.25) is 0 Å². The molecule has 2 aromatic carbocycles. The van der Waals surface area contributed by atoms with Crippen molar-refractivity contribution in [3.8, 4) is 0 Å². The fourth-order valence-corrected chi connectivity index (χ4v) is 4.73. The first-order chi connectivity index (χ1) is 14.8. The maximum atomic E-state index is 14.1. The molecule has 0 aliphatic heterocycles. The fraction of sp³-hybridized carbons (Fsp3) is 0.333. The van der Waals surface area contributed by atoms with Crippen molar-refractivity contribution in [1.29, 1.82) is 0 Å². The van der Waals surface area contributed by atoms with Crippen LogP contribution in [-0.4, -0.2) is 22.0 Å². The quantitative estimate of drug-likeness (QED) is 0.466. The maximum Gasteiger partial charge on any atom is 0.419 e. The number of ether oxygens (including phenoxy) is 1. The number of nitrogens with zero attached hydrogens (tertiary/aromatic N) is 1. The Morgan fingerprint density at radius 2 is 1.81 bits per heavy atom. The monoisotopic (exact) mass is 415 g/mol. The summed E-state index contributed by atoms with van der Waals surface area (Å²) in [5, 5.41) is 0.814. The van der Waals surface area contributed by atoms with Crippen molar-refractivity contribution in [2.45, 2.75) is 52.1 Å². The zero-order chi connectivity index (χ0) is 22.2. The number of benzene rings is 2. The fourth-order valence-electron chi connectivity index (χ4n) is 4.73. The molecule has 3 aromatic rings. The van der Waals surface area contributed by atoms with Crippen molar-refractivity contribution >= 4 is 22.8 Å². The lowest BCUT2D eigenvalue weighted by Crippen LogP contribution is -2.38. The summed E-state index contributed by atoms with van der Waals surface area (Å²) in [5.74, 6) is 0.0935. The van der Waals surface area contributed by atoms with Crippen LogP contribution >= 0.6 is 0 Å². The van der Waals surface area contributed by atoms with Gasteiger partial charge in [-0.2, -0.15) is 0 Å². The van der Waals surface area contributed by atoms with Gasteiger partial charge in [0, 0.05) is 22.1 Å². The summed E-state index contributed by atoms with van der Waals surface area (Å²) in [6.45, 7) is 9.49. The van der Waals surface area contributed by atoms with Crippen molar-refractivity contribution in [3.63, 3.8) is 0 Å². The van der Waals surface area contributed by atoms with Gasteiger partial charge in [-0.1, -0.05) is 54.6 Å². The third-order valence-corrected chi connectivity index (χ3v) is 6.02. The average Bonchev–Trinajstić information content (AvgIpc) is 3.05. The first-order valence-electron chi connectivity index (χ1n) is 10.8. The molecule has 0 bridgehead atoms. The second-order valence-corrected chi connectivity index (χ2v) is 9.42. The predicted molar refractivity (Wildman–Crippen MR) is 124 cm³/mol. The number of hydrogen-bond acceptors (Lipinski definition) is 3. The van der Waals surface area contributed by atoms with Gasteiger partial charge < -0.3 is 4.74 Å². The number of para-hydroxylation sites is 1. The number of ketones is 1. The number of carbonyl (C=O) groups excluding carboxylic acids is 2. The first-order valence-corrected chi connectivity index (χ1v) is 10.8. The molecule has 1 atom stereocenters. The standard InChI is InChI=1S/C27H29NO3/c1-5-16-27(18-19-11-7-6-8-12-19)17-15-22-23(24(27)29)20-13-9-10-14-21(20)28(22)25(30)31-26(2,3)4/h5-14H,1,15-18H2,2-4H3. The van der Waals surface area contributed by atoms with Gasteiger partial charge in [0.25, 0.3) is 0 Å². The highest BCUT2D eigenvalue weighted by Gasteiger charge is 2.45. The number of carbonyl (C=O) groups is 2. The number of aromatic nitrogens is 1. The van der Waals surface area contributed by atoms with Crippen molar-refractivity contribution < 1.29 is 14.3 Å². The summed E-state index contributed by atoms with van der Waals surface area (Å²) in [6.07, 6.45) is 3.97. The lowest BCUT2D eigenvalue weighted by molar-refractivity contribution is 0.0537. The third-order valence-electron chi connectivity index (χ3n) is 6.02. The smallest absolute Gasteiger partial charge is 0.419 e. The van der Waals surface area contributed by atoms with Gasteiger partial charge in [-0.15, -0.1) is 6.58 Å².